The monoisotopic (exact) mass is 523 g/mol. The number of fused-ring (bicyclic) bond motifs is 1. The van der Waals surface area contributed by atoms with E-state index < -0.39 is 11.9 Å². The molecular weight excluding hydrogens is 495 g/mol. The quantitative estimate of drug-likeness (QED) is 0.367. The minimum Gasteiger partial charge on any atom is -0.480 e. The molecule has 1 fully saturated rings. The number of nitrogens with one attached hydrogen (secondary N) is 1. The van der Waals surface area contributed by atoms with Crippen molar-refractivity contribution in [3.05, 3.63) is 65.5 Å². The van der Waals surface area contributed by atoms with Crippen LogP contribution in [-0.2, 0) is 25.7 Å². The minimum absolute atomic E-state index is 0.0327. The molecule has 2 aliphatic rings. The van der Waals surface area contributed by atoms with Gasteiger partial charge in [0.15, 0.2) is 5.69 Å². The number of methoxy groups -OCH3 is 1. The van der Waals surface area contributed by atoms with Gasteiger partial charge in [0.25, 0.3) is 0 Å². The Morgan fingerprint density at radius 1 is 1.13 bits per heavy atom. The fourth-order valence-electron chi connectivity index (χ4n) is 5.13. The third-order valence-corrected chi connectivity index (χ3v) is 7.20. The van der Waals surface area contributed by atoms with Crippen LogP contribution in [0.4, 0.5) is 13.2 Å². The minimum atomic E-state index is -4.47. The summed E-state index contributed by atoms with van der Waals surface area (Å²) in [7, 11) is 1.61. The van der Waals surface area contributed by atoms with Crippen molar-refractivity contribution in [2.75, 3.05) is 13.7 Å². The smallest absolute Gasteiger partial charge is 0.434 e. The lowest BCUT2D eigenvalue weighted by Gasteiger charge is -2.25. The number of aromatic nitrogens is 6. The highest BCUT2D eigenvalue weighted by Gasteiger charge is 2.35. The number of halogens is 3. The van der Waals surface area contributed by atoms with E-state index in [0.717, 1.165) is 60.3 Å². The van der Waals surface area contributed by atoms with Gasteiger partial charge in [0.05, 0.1) is 42.3 Å². The molecule has 38 heavy (non-hydrogen) atoms. The van der Waals surface area contributed by atoms with Crippen LogP contribution in [0, 0.1) is 0 Å². The third kappa shape index (κ3) is 4.55. The van der Waals surface area contributed by atoms with E-state index in [-0.39, 0.29) is 6.04 Å². The molecule has 1 atom stereocenters. The molecule has 4 aromatic rings. The van der Waals surface area contributed by atoms with Crippen molar-refractivity contribution in [2.45, 2.75) is 57.4 Å². The molecule has 0 radical (unpaired) electrons. The van der Waals surface area contributed by atoms with Crippen molar-refractivity contribution in [3.8, 4) is 28.5 Å². The van der Waals surface area contributed by atoms with Crippen LogP contribution in [0.15, 0.2) is 42.9 Å². The van der Waals surface area contributed by atoms with Crippen LogP contribution in [0.3, 0.4) is 0 Å². The van der Waals surface area contributed by atoms with Crippen molar-refractivity contribution < 1.29 is 17.9 Å². The highest BCUT2D eigenvalue weighted by Crippen LogP contribution is 2.45. The summed E-state index contributed by atoms with van der Waals surface area (Å²) in [5.41, 5.74) is 4.58. The van der Waals surface area contributed by atoms with Gasteiger partial charge in [0.1, 0.15) is 12.2 Å². The molecule has 4 heterocycles. The van der Waals surface area contributed by atoms with E-state index in [1.807, 2.05) is 28.9 Å². The Bertz CT molecular complexity index is 1450. The predicted octanol–water partition coefficient (Wildman–Crippen LogP) is 5.02. The Kier molecular flexibility index (Phi) is 6.17. The SMILES string of the molecule is CCn1cc(C(F)(F)F)nc1-c1ccc(CC2NCCn3nc(-c4c(OC)ncnc4C4CC4)cc32)cc1. The van der Waals surface area contributed by atoms with Crippen molar-refractivity contribution >= 4 is 0 Å². The van der Waals surface area contributed by atoms with Crippen molar-refractivity contribution in [1.82, 2.24) is 34.6 Å². The van der Waals surface area contributed by atoms with E-state index in [4.69, 9.17) is 9.84 Å². The number of nitrogens with zero attached hydrogens (tertiary/aromatic N) is 6. The molecule has 1 saturated carbocycles. The second-order valence-electron chi connectivity index (χ2n) is 9.74. The zero-order valence-electron chi connectivity index (χ0n) is 21.2. The molecule has 1 aliphatic heterocycles. The van der Waals surface area contributed by atoms with Gasteiger partial charge < -0.3 is 14.6 Å². The molecule has 0 bridgehead atoms. The number of benzene rings is 1. The van der Waals surface area contributed by atoms with E-state index in [1.54, 1.807) is 20.4 Å². The van der Waals surface area contributed by atoms with Gasteiger partial charge in [-0.15, -0.1) is 0 Å². The second-order valence-corrected chi connectivity index (χ2v) is 9.74. The first-order valence-corrected chi connectivity index (χ1v) is 12.8. The number of alkyl halides is 3. The van der Waals surface area contributed by atoms with E-state index in [0.29, 0.717) is 36.2 Å². The summed E-state index contributed by atoms with van der Waals surface area (Å²) in [4.78, 5) is 12.7. The van der Waals surface area contributed by atoms with Gasteiger partial charge in [-0.1, -0.05) is 24.3 Å². The lowest BCUT2D eigenvalue weighted by atomic mass is 9.99. The topological polar surface area (TPSA) is 82.7 Å². The largest absolute Gasteiger partial charge is 0.480 e. The summed E-state index contributed by atoms with van der Waals surface area (Å²) < 4.78 is 48.7. The summed E-state index contributed by atoms with van der Waals surface area (Å²) in [6.07, 6.45) is 1.07. The van der Waals surface area contributed by atoms with Gasteiger partial charge in [-0.2, -0.15) is 18.3 Å². The Morgan fingerprint density at radius 2 is 1.92 bits per heavy atom. The summed E-state index contributed by atoms with van der Waals surface area (Å²) in [6.45, 7) is 3.73. The molecule has 1 N–H and O–H groups in total. The maximum absolute atomic E-state index is 13.2. The molecule has 0 saturated heterocycles. The van der Waals surface area contributed by atoms with E-state index >= 15 is 0 Å². The molecule has 1 aliphatic carbocycles. The van der Waals surface area contributed by atoms with Crippen LogP contribution in [-0.4, -0.2) is 43.0 Å². The van der Waals surface area contributed by atoms with E-state index in [2.05, 4.69) is 26.3 Å². The Labute approximate surface area is 217 Å². The first-order chi connectivity index (χ1) is 18.4. The normalized spacial score (nSPS) is 17.4. The van der Waals surface area contributed by atoms with Crippen LogP contribution in [0.5, 0.6) is 5.88 Å². The summed E-state index contributed by atoms with van der Waals surface area (Å²) in [6, 6.07) is 9.70. The molecule has 6 rings (SSSR count). The average Bonchev–Trinajstić information content (AvgIpc) is 3.50. The lowest BCUT2D eigenvalue weighted by molar-refractivity contribution is -0.140. The number of hydrogen-bond donors (Lipinski definition) is 1. The highest BCUT2D eigenvalue weighted by molar-refractivity contribution is 5.69. The molecule has 8 nitrogen and oxygen atoms in total. The molecule has 1 aromatic carbocycles. The van der Waals surface area contributed by atoms with Crippen molar-refractivity contribution in [3.63, 3.8) is 0 Å². The molecule has 11 heteroatoms. The van der Waals surface area contributed by atoms with Gasteiger partial charge >= 0.3 is 6.18 Å². The maximum atomic E-state index is 13.2. The maximum Gasteiger partial charge on any atom is 0.434 e. The van der Waals surface area contributed by atoms with Gasteiger partial charge in [-0.3, -0.25) is 4.68 Å². The molecule has 0 spiro atoms. The standard InChI is InChI=1S/C27H28F3N7O/c1-3-36-14-22(27(28,29)30)34-25(36)18-6-4-16(5-7-18)12-19-21-13-20(35-37(21)11-10-31-19)23-24(17-8-9-17)32-15-33-26(23)38-2/h4-7,13-15,17,19,31H,3,8-12H2,1-2H3. The van der Waals surface area contributed by atoms with Gasteiger partial charge in [-0.05, 0) is 37.8 Å². The molecule has 198 valence electrons. The van der Waals surface area contributed by atoms with Crippen LogP contribution >= 0.6 is 0 Å². The molecular formula is C27H28F3N7O. The first-order valence-electron chi connectivity index (χ1n) is 12.8. The van der Waals surface area contributed by atoms with Crippen molar-refractivity contribution in [1.29, 1.82) is 0 Å². The van der Waals surface area contributed by atoms with Crippen molar-refractivity contribution in [2.24, 2.45) is 0 Å². The fourth-order valence-corrected chi connectivity index (χ4v) is 5.13. The van der Waals surface area contributed by atoms with Crippen LogP contribution < -0.4 is 10.1 Å². The summed E-state index contributed by atoms with van der Waals surface area (Å²) in [5, 5.41) is 8.49. The first kappa shape index (κ1) is 24.6. The summed E-state index contributed by atoms with van der Waals surface area (Å²) in [5.74, 6) is 1.27. The van der Waals surface area contributed by atoms with Gasteiger partial charge in [0, 0.05) is 30.8 Å². The Hall–Kier alpha value is -3.73. The number of hydrogen-bond acceptors (Lipinski definition) is 6. The molecule has 1 unspecified atom stereocenters. The van der Waals surface area contributed by atoms with Crippen LogP contribution in [0.2, 0.25) is 0 Å². The highest BCUT2D eigenvalue weighted by atomic mass is 19.4. The third-order valence-electron chi connectivity index (χ3n) is 7.20. The van der Waals surface area contributed by atoms with E-state index in [9.17, 15) is 13.2 Å². The predicted molar refractivity (Wildman–Crippen MR) is 135 cm³/mol. The van der Waals surface area contributed by atoms with Gasteiger partial charge in [-0.25, -0.2) is 15.0 Å². The molecule has 0 amide bonds. The Morgan fingerprint density at radius 3 is 2.61 bits per heavy atom. The van der Waals surface area contributed by atoms with Crippen LogP contribution in [0.1, 0.15) is 54.4 Å². The average molecular weight is 524 g/mol. The summed E-state index contributed by atoms with van der Waals surface area (Å²) >= 11 is 0. The fraction of sp³-hybridized carbons (Fsp3) is 0.407. The lowest BCUT2D eigenvalue weighted by Crippen LogP contribution is -2.34. The number of rotatable bonds is 7. The second kappa shape index (κ2) is 9.54. The zero-order valence-corrected chi connectivity index (χ0v) is 21.2. The van der Waals surface area contributed by atoms with Gasteiger partial charge in [0.2, 0.25) is 5.88 Å². The number of ether oxygens (including phenoxy) is 1. The van der Waals surface area contributed by atoms with Crippen LogP contribution in [0.25, 0.3) is 22.6 Å². The Balaban J connectivity index is 1.26. The number of aryl methyl sites for hydroxylation is 1. The number of imidazole rings is 1. The molecule has 3 aromatic heterocycles. The zero-order chi connectivity index (χ0) is 26.4. The van der Waals surface area contributed by atoms with E-state index in [1.165, 1.54) is 4.57 Å².